The lowest BCUT2D eigenvalue weighted by Gasteiger charge is -2.24. The fourth-order valence-electron chi connectivity index (χ4n) is 3.34. The van der Waals surface area contributed by atoms with Gasteiger partial charge in [-0.2, -0.15) is 0 Å². The van der Waals surface area contributed by atoms with Crippen LogP contribution in [0.4, 0.5) is 0 Å². The first-order chi connectivity index (χ1) is 10.3. The Labute approximate surface area is 126 Å². The van der Waals surface area contributed by atoms with Crippen molar-refractivity contribution >= 4 is 0 Å². The van der Waals surface area contributed by atoms with Crippen molar-refractivity contribution in [2.45, 2.75) is 44.7 Å². The number of rotatable bonds is 4. The van der Waals surface area contributed by atoms with E-state index < -0.39 is 0 Å². The van der Waals surface area contributed by atoms with E-state index >= 15 is 0 Å². The summed E-state index contributed by atoms with van der Waals surface area (Å²) >= 11 is 0. The Morgan fingerprint density at radius 1 is 1.19 bits per heavy atom. The summed E-state index contributed by atoms with van der Waals surface area (Å²) in [6.45, 7) is 3.89. The number of ether oxygens (including phenoxy) is 2. The predicted molar refractivity (Wildman–Crippen MR) is 81.8 cm³/mol. The minimum atomic E-state index is 0.249. The molecule has 2 aliphatic rings. The summed E-state index contributed by atoms with van der Waals surface area (Å²) in [6.07, 6.45) is 4.41. The Kier molecular flexibility index (Phi) is 4.66. The third kappa shape index (κ3) is 3.33. The second-order valence-corrected chi connectivity index (χ2v) is 6.13. The summed E-state index contributed by atoms with van der Waals surface area (Å²) in [4.78, 5) is 0. The van der Waals surface area contributed by atoms with Crippen molar-refractivity contribution in [2.24, 2.45) is 5.92 Å². The average molecular weight is 291 g/mol. The lowest BCUT2D eigenvalue weighted by atomic mass is 10.0. The van der Waals surface area contributed by atoms with Crippen LogP contribution in [0, 0.1) is 5.92 Å². The van der Waals surface area contributed by atoms with Gasteiger partial charge in [-0.25, -0.2) is 0 Å². The molecule has 3 atom stereocenters. The molecule has 1 aromatic carbocycles. The molecule has 21 heavy (non-hydrogen) atoms. The van der Waals surface area contributed by atoms with Gasteiger partial charge >= 0.3 is 0 Å². The fraction of sp³-hybridized carbons (Fsp3) is 0.647. The van der Waals surface area contributed by atoms with Crippen molar-refractivity contribution in [3.63, 3.8) is 0 Å². The molecule has 3 unspecified atom stereocenters. The van der Waals surface area contributed by atoms with E-state index in [0.29, 0.717) is 18.6 Å². The lowest BCUT2D eigenvalue weighted by Crippen LogP contribution is -2.35. The van der Waals surface area contributed by atoms with Crippen LogP contribution in [-0.4, -0.2) is 31.0 Å². The van der Waals surface area contributed by atoms with Gasteiger partial charge in [-0.1, -0.05) is 12.5 Å². The van der Waals surface area contributed by atoms with Crippen molar-refractivity contribution in [3.8, 4) is 11.5 Å². The van der Waals surface area contributed by atoms with Crippen LogP contribution in [0.15, 0.2) is 18.2 Å². The molecular weight excluding hydrogens is 266 g/mol. The van der Waals surface area contributed by atoms with Crippen LogP contribution in [0.1, 0.15) is 44.2 Å². The van der Waals surface area contributed by atoms with Crippen molar-refractivity contribution < 1.29 is 14.6 Å². The summed E-state index contributed by atoms with van der Waals surface area (Å²) in [6, 6.07) is 6.86. The highest BCUT2D eigenvalue weighted by molar-refractivity contribution is 5.44. The quantitative estimate of drug-likeness (QED) is 0.895. The first-order valence-electron chi connectivity index (χ1n) is 8.04. The van der Waals surface area contributed by atoms with Crippen LogP contribution >= 0.6 is 0 Å². The Morgan fingerprint density at radius 2 is 2.00 bits per heavy atom. The second-order valence-electron chi connectivity index (χ2n) is 6.13. The van der Waals surface area contributed by atoms with Gasteiger partial charge in [-0.3, -0.25) is 0 Å². The van der Waals surface area contributed by atoms with E-state index in [-0.39, 0.29) is 12.6 Å². The maximum absolute atomic E-state index is 9.43. The highest BCUT2D eigenvalue weighted by Gasteiger charge is 2.27. The summed E-state index contributed by atoms with van der Waals surface area (Å²) < 4.78 is 11.4. The van der Waals surface area contributed by atoms with Gasteiger partial charge in [-0.15, -0.1) is 0 Å². The Bertz CT molecular complexity index is 477. The molecule has 1 aromatic rings. The zero-order valence-electron chi connectivity index (χ0n) is 12.7. The minimum absolute atomic E-state index is 0.249. The second kappa shape index (κ2) is 6.67. The van der Waals surface area contributed by atoms with Gasteiger partial charge in [0.25, 0.3) is 0 Å². The third-order valence-corrected chi connectivity index (χ3v) is 4.63. The number of aliphatic hydroxyl groups is 1. The molecular formula is C17H25NO3. The molecule has 1 saturated carbocycles. The molecule has 0 radical (unpaired) electrons. The van der Waals surface area contributed by atoms with Crippen LogP contribution in [0.3, 0.4) is 0 Å². The van der Waals surface area contributed by atoms with Crippen LogP contribution in [-0.2, 0) is 0 Å². The van der Waals surface area contributed by atoms with E-state index in [2.05, 4.69) is 24.4 Å². The van der Waals surface area contributed by atoms with Gasteiger partial charge in [0.15, 0.2) is 11.5 Å². The average Bonchev–Trinajstić information content (AvgIpc) is 2.81. The van der Waals surface area contributed by atoms with Crippen LogP contribution in [0.5, 0.6) is 11.5 Å². The Morgan fingerprint density at radius 3 is 2.81 bits per heavy atom. The fourth-order valence-corrected chi connectivity index (χ4v) is 3.34. The van der Waals surface area contributed by atoms with E-state index in [1.54, 1.807) is 0 Å². The van der Waals surface area contributed by atoms with Gasteiger partial charge in [-0.05, 0) is 43.4 Å². The van der Waals surface area contributed by atoms with E-state index in [1.807, 2.05) is 6.07 Å². The first kappa shape index (κ1) is 14.7. The van der Waals surface area contributed by atoms with Crippen molar-refractivity contribution in [3.05, 3.63) is 23.8 Å². The molecule has 4 heteroatoms. The molecule has 1 heterocycles. The summed E-state index contributed by atoms with van der Waals surface area (Å²) in [5.41, 5.74) is 1.21. The molecule has 3 rings (SSSR count). The minimum Gasteiger partial charge on any atom is -0.490 e. The van der Waals surface area contributed by atoms with Gasteiger partial charge < -0.3 is 19.9 Å². The van der Waals surface area contributed by atoms with Crippen LogP contribution < -0.4 is 14.8 Å². The van der Waals surface area contributed by atoms with E-state index in [1.165, 1.54) is 12.0 Å². The molecule has 0 saturated heterocycles. The van der Waals surface area contributed by atoms with Crippen molar-refractivity contribution in [1.82, 2.24) is 5.32 Å². The zero-order chi connectivity index (χ0) is 14.7. The molecule has 1 aliphatic carbocycles. The Balaban J connectivity index is 1.69. The number of benzene rings is 1. The van der Waals surface area contributed by atoms with E-state index in [0.717, 1.165) is 37.4 Å². The van der Waals surface area contributed by atoms with E-state index in [4.69, 9.17) is 9.47 Å². The molecule has 2 N–H and O–H groups in total. The predicted octanol–water partition coefficient (Wildman–Crippen LogP) is 2.66. The maximum atomic E-state index is 9.43. The SMILES string of the molecule is CC(NC1CCCC1CO)c1ccc2c(c1)OCCCO2. The largest absolute Gasteiger partial charge is 0.490 e. The highest BCUT2D eigenvalue weighted by atomic mass is 16.5. The summed E-state index contributed by atoms with van der Waals surface area (Å²) in [5.74, 6) is 2.09. The van der Waals surface area contributed by atoms with Gasteiger partial charge in [0, 0.05) is 25.1 Å². The summed E-state index contributed by atoms with van der Waals surface area (Å²) in [5, 5.41) is 13.1. The lowest BCUT2D eigenvalue weighted by molar-refractivity contribution is 0.200. The molecule has 0 spiro atoms. The molecule has 1 fully saturated rings. The standard InChI is InChI=1S/C17H25NO3/c1-12(18-15-5-2-4-14(15)11-19)13-6-7-16-17(10-13)21-9-3-8-20-16/h6-7,10,12,14-15,18-19H,2-5,8-9,11H2,1H3. The molecule has 0 bridgehead atoms. The number of hydrogen-bond acceptors (Lipinski definition) is 4. The summed E-state index contributed by atoms with van der Waals surface area (Å²) in [7, 11) is 0. The van der Waals surface area contributed by atoms with Crippen molar-refractivity contribution in [2.75, 3.05) is 19.8 Å². The molecule has 116 valence electrons. The monoisotopic (exact) mass is 291 g/mol. The smallest absolute Gasteiger partial charge is 0.161 e. The van der Waals surface area contributed by atoms with Gasteiger partial charge in [0.2, 0.25) is 0 Å². The van der Waals surface area contributed by atoms with Gasteiger partial charge in [0.1, 0.15) is 0 Å². The molecule has 0 amide bonds. The third-order valence-electron chi connectivity index (χ3n) is 4.63. The first-order valence-corrected chi connectivity index (χ1v) is 8.04. The maximum Gasteiger partial charge on any atom is 0.161 e. The highest BCUT2D eigenvalue weighted by Crippen LogP contribution is 2.33. The number of nitrogens with one attached hydrogen (secondary N) is 1. The zero-order valence-corrected chi connectivity index (χ0v) is 12.7. The van der Waals surface area contributed by atoms with Crippen molar-refractivity contribution in [1.29, 1.82) is 0 Å². The molecule has 1 aliphatic heterocycles. The van der Waals surface area contributed by atoms with E-state index in [9.17, 15) is 5.11 Å². The number of aliphatic hydroxyl groups excluding tert-OH is 1. The normalized spacial score (nSPS) is 26.4. The topological polar surface area (TPSA) is 50.7 Å². The molecule has 4 nitrogen and oxygen atoms in total. The Hall–Kier alpha value is -1.26. The number of hydrogen-bond donors (Lipinski definition) is 2. The van der Waals surface area contributed by atoms with Gasteiger partial charge in [0.05, 0.1) is 13.2 Å². The van der Waals surface area contributed by atoms with Crippen LogP contribution in [0.25, 0.3) is 0 Å². The van der Waals surface area contributed by atoms with Crippen LogP contribution in [0.2, 0.25) is 0 Å². The number of fused-ring (bicyclic) bond motifs is 1. The molecule has 0 aromatic heterocycles.